The summed E-state index contributed by atoms with van der Waals surface area (Å²) in [6.45, 7) is 0.670. The van der Waals surface area contributed by atoms with Crippen LogP contribution in [0.4, 0.5) is 11.4 Å². The first-order chi connectivity index (χ1) is 16.0. The summed E-state index contributed by atoms with van der Waals surface area (Å²) < 4.78 is 10.8. The Morgan fingerprint density at radius 1 is 0.970 bits per heavy atom. The van der Waals surface area contributed by atoms with Gasteiger partial charge in [-0.2, -0.15) is 0 Å². The lowest BCUT2D eigenvalue weighted by atomic mass is 10.1. The van der Waals surface area contributed by atoms with E-state index in [0.717, 1.165) is 12.1 Å². The van der Waals surface area contributed by atoms with Gasteiger partial charge in [0.25, 0.3) is 5.91 Å². The molecule has 33 heavy (non-hydrogen) atoms. The topological polar surface area (TPSA) is 84.9 Å². The highest BCUT2D eigenvalue weighted by atomic mass is 16.5. The second-order valence-electron chi connectivity index (χ2n) is 7.61. The van der Waals surface area contributed by atoms with E-state index in [-0.39, 0.29) is 5.91 Å². The molecule has 0 saturated carbocycles. The number of benzene rings is 3. The van der Waals surface area contributed by atoms with Crippen LogP contribution < -0.4 is 15.0 Å². The lowest BCUT2D eigenvalue weighted by Crippen LogP contribution is -2.26. The van der Waals surface area contributed by atoms with Gasteiger partial charge in [-0.05, 0) is 42.8 Å². The van der Waals surface area contributed by atoms with Crippen LogP contribution in [0.25, 0.3) is 0 Å². The van der Waals surface area contributed by atoms with Gasteiger partial charge in [0, 0.05) is 36.0 Å². The number of hydrogen-bond donors (Lipinski definition) is 1. The third kappa shape index (κ3) is 5.20. The summed E-state index contributed by atoms with van der Waals surface area (Å²) in [5.74, 6) is -0.452. The molecular weight excluding hydrogens is 420 g/mol. The number of ether oxygens (including phenoxy) is 2. The maximum atomic E-state index is 13.1. The molecule has 3 aromatic rings. The predicted molar refractivity (Wildman–Crippen MR) is 124 cm³/mol. The summed E-state index contributed by atoms with van der Waals surface area (Å²) in [5.41, 5.74) is 2.10. The van der Waals surface area contributed by atoms with Gasteiger partial charge in [0.2, 0.25) is 12.0 Å². The van der Waals surface area contributed by atoms with Crippen LogP contribution in [0.2, 0.25) is 0 Å². The fourth-order valence-corrected chi connectivity index (χ4v) is 3.68. The lowest BCUT2D eigenvalue weighted by molar-refractivity contribution is -0.125. The molecule has 0 aromatic heterocycles. The van der Waals surface area contributed by atoms with Gasteiger partial charge in [-0.25, -0.2) is 4.79 Å². The third-order valence-corrected chi connectivity index (χ3v) is 5.39. The van der Waals surface area contributed by atoms with Gasteiger partial charge in [-0.15, -0.1) is 0 Å². The van der Waals surface area contributed by atoms with E-state index in [4.69, 9.17) is 9.47 Å². The van der Waals surface area contributed by atoms with Crippen molar-refractivity contribution in [1.82, 2.24) is 0 Å². The van der Waals surface area contributed by atoms with Crippen LogP contribution in [0, 0.1) is 0 Å². The van der Waals surface area contributed by atoms with Crippen molar-refractivity contribution in [3.63, 3.8) is 0 Å². The maximum absolute atomic E-state index is 13.1. The first-order valence-corrected chi connectivity index (χ1v) is 10.7. The number of anilines is 2. The molecule has 3 aromatic carbocycles. The van der Waals surface area contributed by atoms with Crippen molar-refractivity contribution in [1.29, 1.82) is 0 Å². The summed E-state index contributed by atoms with van der Waals surface area (Å²) in [6.07, 6.45) is 0.207. The Bertz CT molecular complexity index is 1140. The van der Waals surface area contributed by atoms with E-state index in [2.05, 4.69) is 5.32 Å². The lowest BCUT2D eigenvalue weighted by Gasteiger charge is -2.19. The average molecular weight is 444 g/mol. The molecule has 7 heteroatoms. The Morgan fingerprint density at radius 2 is 1.73 bits per heavy atom. The molecule has 4 rings (SSSR count). The Labute approximate surface area is 191 Å². The molecule has 0 bridgehead atoms. The molecule has 1 saturated heterocycles. The summed E-state index contributed by atoms with van der Waals surface area (Å²) in [7, 11) is 1.54. The van der Waals surface area contributed by atoms with E-state index in [1.54, 1.807) is 84.8 Å². The minimum absolute atomic E-state index is 0.0729. The van der Waals surface area contributed by atoms with Crippen LogP contribution in [0.5, 0.6) is 5.75 Å². The molecule has 0 aliphatic carbocycles. The van der Waals surface area contributed by atoms with Crippen LogP contribution in [0.1, 0.15) is 34.9 Å². The maximum Gasteiger partial charge on any atom is 0.339 e. The molecule has 168 valence electrons. The molecule has 1 N–H and O–H groups in total. The Kier molecular flexibility index (Phi) is 6.69. The summed E-state index contributed by atoms with van der Waals surface area (Å²) in [6, 6.07) is 22.4. The normalized spacial score (nSPS) is 14.0. The summed E-state index contributed by atoms with van der Waals surface area (Å²) in [5, 5.41) is 2.78. The molecule has 1 fully saturated rings. The second kappa shape index (κ2) is 9.99. The molecule has 1 atom stereocenters. The van der Waals surface area contributed by atoms with Gasteiger partial charge in [-0.3, -0.25) is 9.59 Å². The Hall–Kier alpha value is -4.13. The van der Waals surface area contributed by atoms with E-state index >= 15 is 0 Å². The van der Waals surface area contributed by atoms with Gasteiger partial charge in [0.1, 0.15) is 5.75 Å². The SMILES string of the molecule is COc1cccc(NC(=O)C(OC(=O)c2ccc(N3CCCC3=O)cc2)c2ccccc2)c1. The zero-order chi connectivity index (χ0) is 23.2. The molecule has 0 radical (unpaired) electrons. The number of hydrogen-bond acceptors (Lipinski definition) is 5. The molecule has 1 aliphatic heterocycles. The highest BCUT2D eigenvalue weighted by molar-refractivity contribution is 5.99. The number of rotatable bonds is 7. The third-order valence-electron chi connectivity index (χ3n) is 5.39. The number of nitrogens with one attached hydrogen (secondary N) is 1. The highest BCUT2D eigenvalue weighted by Crippen LogP contribution is 2.25. The van der Waals surface area contributed by atoms with E-state index in [0.29, 0.717) is 35.5 Å². The van der Waals surface area contributed by atoms with Gasteiger partial charge < -0.3 is 19.7 Å². The van der Waals surface area contributed by atoms with E-state index in [1.165, 1.54) is 0 Å². The van der Waals surface area contributed by atoms with Gasteiger partial charge >= 0.3 is 5.97 Å². The van der Waals surface area contributed by atoms with E-state index < -0.39 is 18.0 Å². The minimum Gasteiger partial charge on any atom is -0.497 e. The monoisotopic (exact) mass is 444 g/mol. The predicted octanol–water partition coefficient (Wildman–Crippen LogP) is 4.36. The average Bonchev–Trinajstić information content (AvgIpc) is 3.28. The van der Waals surface area contributed by atoms with Crippen LogP contribution in [-0.2, 0) is 14.3 Å². The molecule has 1 aliphatic rings. The van der Waals surface area contributed by atoms with Gasteiger partial charge in [-0.1, -0.05) is 36.4 Å². The van der Waals surface area contributed by atoms with Crippen molar-refractivity contribution in [3.05, 3.63) is 90.0 Å². The fourth-order valence-electron chi connectivity index (χ4n) is 3.68. The summed E-state index contributed by atoms with van der Waals surface area (Å²) >= 11 is 0. The molecular formula is C26H24N2O5. The van der Waals surface area contributed by atoms with E-state index in [9.17, 15) is 14.4 Å². The van der Waals surface area contributed by atoms with Crippen molar-refractivity contribution in [2.45, 2.75) is 18.9 Å². The number of esters is 1. The minimum atomic E-state index is -1.15. The first-order valence-electron chi connectivity index (χ1n) is 10.7. The van der Waals surface area contributed by atoms with Crippen molar-refractivity contribution >= 4 is 29.2 Å². The standard InChI is InChI=1S/C26H24N2O5/c1-32-22-10-5-9-20(17-22)27-25(30)24(18-7-3-2-4-8-18)33-26(31)19-12-14-21(15-13-19)28-16-6-11-23(28)29/h2-5,7-10,12-15,17,24H,6,11,16H2,1H3,(H,27,30). The number of amides is 2. The number of nitrogens with zero attached hydrogens (tertiary/aromatic N) is 1. The first kappa shape index (κ1) is 22.1. The van der Waals surface area contributed by atoms with Crippen molar-refractivity contribution in [3.8, 4) is 5.75 Å². The highest BCUT2D eigenvalue weighted by Gasteiger charge is 2.27. The fraction of sp³-hybridized carbons (Fsp3) is 0.192. The molecule has 7 nitrogen and oxygen atoms in total. The zero-order valence-corrected chi connectivity index (χ0v) is 18.2. The van der Waals surface area contributed by atoms with Crippen LogP contribution in [0.3, 0.4) is 0 Å². The van der Waals surface area contributed by atoms with Crippen LogP contribution in [0.15, 0.2) is 78.9 Å². The van der Waals surface area contributed by atoms with Crippen molar-refractivity contribution < 1.29 is 23.9 Å². The largest absolute Gasteiger partial charge is 0.497 e. The van der Waals surface area contributed by atoms with E-state index in [1.807, 2.05) is 6.07 Å². The van der Waals surface area contributed by atoms with Crippen molar-refractivity contribution in [2.75, 3.05) is 23.9 Å². The molecule has 1 unspecified atom stereocenters. The Balaban J connectivity index is 1.52. The quantitative estimate of drug-likeness (QED) is 0.548. The van der Waals surface area contributed by atoms with Gasteiger partial charge in [0.15, 0.2) is 0 Å². The number of methoxy groups -OCH3 is 1. The molecule has 1 heterocycles. The molecule has 2 amide bonds. The number of carbonyl (C=O) groups excluding carboxylic acids is 3. The van der Waals surface area contributed by atoms with Gasteiger partial charge in [0.05, 0.1) is 12.7 Å². The van der Waals surface area contributed by atoms with Crippen LogP contribution >= 0.6 is 0 Å². The van der Waals surface area contributed by atoms with Crippen LogP contribution in [-0.4, -0.2) is 31.4 Å². The number of carbonyl (C=O) groups is 3. The van der Waals surface area contributed by atoms with Crippen molar-refractivity contribution in [2.24, 2.45) is 0 Å². The Morgan fingerprint density at radius 3 is 2.39 bits per heavy atom. The summed E-state index contributed by atoms with van der Waals surface area (Å²) in [4.78, 5) is 39.6. The zero-order valence-electron chi connectivity index (χ0n) is 18.2. The second-order valence-corrected chi connectivity index (χ2v) is 7.61. The smallest absolute Gasteiger partial charge is 0.339 e. The molecule has 0 spiro atoms.